The van der Waals surface area contributed by atoms with Crippen LogP contribution in [0.5, 0.6) is 0 Å². The van der Waals surface area contributed by atoms with Gasteiger partial charge in [-0.25, -0.2) is 4.39 Å². The number of halogens is 1. The molecule has 0 aliphatic rings. The predicted molar refractivity (Wildman–Crippen MR) is 57.5 cm³/mol. The third-order valence-corrected chi connectivity index (χ3v) is 3.14. The minimum atomic E-state index is -0.359. The maximum Gasteiger partial charge on any atom is 0.169 e. The quantitative estimate of drug-likeness (QED) is 0.729. The summed E-state index contributed by atoms with van der Waals surface area (Å²) in [6.07, 6.45) is 1.17. The van der Waals surface area contributed by atoms with Gasteiger partial charge in [-0.1, -0.05) is 0 Å². The monoisotopic (exact) mass is 221 g/mol. The van der Waals surface area contributed by atoms with Gasteiger partial charge in [-0.15, -0.1) is 11.3 Å². The molecule has 2 heterocycles. The molecule has 0 amide bonds. The van der Waals surface area contributed by atoms with Crippen molar-refractivity contribution in [3.8, 4) is 10.6 Å². The lowest BCUT2D eigenvalue weighted by Gasteiger charge is -1.94. The first kappa shape index (κ1) is 9.98. The Morgan fingerprint density at radius 3 is 2.67 bits per heavy atom. The fourth-order valence-corrected chi connectivity index (χ4v) is 2.06. The molecule has 0 saturated carbocycles. The van der Waals surface area contributed by atoms with E-state index >= 15 is 0 Å². The van der Waals surface area contributed by atoms with Crippen molar-refractivity contribution in [1.29, 1.82) is 0 Å². The van der Waals surface area contributed by atoms with Crippen molar-refractivity contribution in [1.82, 2.24) is 4.98 Å². The van der Waals surface area contributed by atoms with Crippen LogP contribution in [0.3, 0.4) is 0 Å². The van der Waals surface area contributed by atoms with Crippen molar-refractivity contribution in [3.63, 3.8) is 0 Å². The Hall–Kier alpha value is -1.55. The molecule has 2 aromatic heterocycles. The molecular weight excluding hydrogens is 213 g/mol. The zero-order valence-corrected chi connectivity index (χ0v) is 8.84. The predicted octanol–water partition coefficient (Wildman–Crippen LogP) is 3.15. The van der Waals surface area contributed by atoms with Crippen LogP contribution < -0.4 is 0 Å². The molecule has 0 spiro atoms. The summed E-state index contributed by atoms with van der Waals surface area (Å²) in [5.41, 5.74) is 0.689. The van der Waals surface area contributed by atoms with E-state index in [-0.39, 0.29) is 11.6 Å². The summed E-state index contributed by atoms with van der Waals surface area (Å²) in [7, 11) is 0. The second-order valence-corrected chi connectivity index (χ2v) is 4.17. The molecule has 2 rings (SSSR count). The van der Waals surface area contributed by atoms with Crippen LogP contribution in [-0.4, -0.2) is 10.8 Å². The molecule has 15 heavy (non-hydrogen) atoms. The van der Waals surface area contributed by atoms with Crippen LogP contribution >= 0.6 is 11.3 Å². The summed E-state index contributed by atoms with van der Waals surface area (Å²) >= 11 is 1.37. The molecule has 0 atom stereocenters. The number of nitrogens with zero attached hydrogens (tertiary/aromatic N) is 1. The Labute approximate surface area is 90.4 Å². The standard InChI is InChI=1S/C11H8FNOS/c1-7(14)10-4-5-11(15-10)9-3-2-8(12)6-13-9/h2-6H,1H3. The number of hydrogen-bond acceptors (Lipinski definition) is 3. The molecule has 76 valence electrons. The lowest BCUT2D eigenvalue weighted by molar-refractivity contribution is 0.102. The van der Waals surface area contributed by atoms with Crippen molar-refractivity contribution >= 4 is 17.1 Å². The van der Waals surface area contributed by atoms with E-state index in [9.17, 15) is 9.18 Å². The molecule has 4 heteroatoms. The van der Waals surface area contributed by atoms with Crippen LogP contribution in [-0.2, 0) is 0 Å². The van der Waals surface area contributed by atoms with Gasteiger partial charge in [0.15, 0.2) is 5.78 Å². The van der Waals surface area contributed by atoms with Gasteiger partial charge in [-0.05, 0) is 31.2 Å². The SMILES string of the molecule is CC(=O)c1ccc(-c2ccc(F)cn2)s1. The molecule has 0 radical (unpaired) electrons. The Bertz CT molecular complexity index is 490. The number of carbonyl (C=O) groups excluding carboxylic acids is 1. The minimum absolute atomic E-state index is 0.0355. The number of hydrogen-bond donors (Lipinski definition) is 0. The van der Waals surface area contributed by atoms with Crippen molar-refractivity contribution < 1.29 is 9.18 Å². The molecule has 0 aliphatic heterocycles. The van der Waals surface area contributed by atoms with Gasteiger partial charge in [-0.3, -0.25) is 9.78 Å². The number of rotatable bonds is 2. The van der Waals surface area contributed by atoms with Crippen LogP contribution in [0.4, 0.5) is 4.39 Å². The summed E-state index contributed by atoms with van der Waals surface area (Å²) in [5.74, 6) is -0.324. The lowest BCUT2D eigenvalue weighted by atomic mass is 10.3. The van der Waals surface area contributed by atoms with Crippen LogP contribution in [0.1, 0.15) is 16.6 Å². The summed E-state index contributed by atoms with van der Waals surface area (Å²) in [4.78, 5) is 16.6. The van der Waals surface area contributed by atoms with E-state index < -0.39 is 0 Å². The van der Waals surface area contributed by atoms with E-state index in [4.69, 9.17) is 0 Å². The first-order valence-electron chi connectivity index (χ1n) is 4.39. The number of Topliss-reactive ketones (excluding diaryl/α,β-unsaturated/α-hetero) is 1. The van der Waals surface area contributed by atoms with E-state index in [2.05, 4.69) is 4.98 Å². The summed E-state index contributed by atoms with van der Waals surface area (Å²) in [6.45, 7) is 1.52. The van der Waals surface area contributed by atoms with Gasteiger partial charge in [0.25, 0.3) is 0 Å². The molecule has 0 aliphatic carbocycles. The highest BCUT2D eigenvalue weighted by Crippen LogP contribution is 2.26. The van der Waals surface area contributed by atoms with Crippen molar-refractivity contribution in [2.45, 2.75) is 6.92 Å². The molecule has 0 aromatic carbocycles. The van der Waals surface area contributed by atoms with Crippen LogP contribution in [0, 0.1) is 5.82 Å². The van der Waals surface area contributed by atoms with Crippen LogP contribution in [0.2, 0.25) is 0 Å². The normalized spacial score (nSPS) is 10.3. The number of thiophene rings is 1. The van der Waals surface area contributed by atoms with Crippen LogP contribution in [0.25, 0.3) is 10.6 Å². The van der Waals surface area contributed by atoms with E-state index in [1.165, 1.54) is 30.5 Å². The zero-order valence-electron chi connectivity index (χ0n) is 8.03. The summed E-state index contributed by atoms with van der Waals surface area (Å²) in [6, 6.07) is 6.54. The van der Waals surface area contributed by atoms with Crippen molar-refractivity contribution in [2.75, 3.05) is 0 Å². The molecule has 0 N–H and O–H groups in total. The smallest absolute Gasteiger partial charge is 0.169 e. The van der Waals surface area contributed by atoms with E-state index in [0.717, 1.165) is 4.88 Å². The molecule has 2 nitrogen and oxygen atoms in total. The van der Waals surface area contributed by atoms with Crippen molar-refractivity contribution in [2.24, 2.45) is 0 Å². The minimum Gasteiger partial charge on any atom is -0.294 e. The second kappa shape index (κ2) is 3.90. The van der Waals surface area contributed by atoms with Gasteiger partial charge in [0.1, 0.15) is 5.82 Å². The first-order chi connectivity index (χ1) is 7.16. The molecule has 0 bridgehead atoms. The fourth-order valence-electron chi connectivity index (χ4n) is 1.19. The average Bonchev–Trinajstić information content (AvgIpc) is 2.68. The lowest BCUT2D eigenvalue weighted by Crippen LogP contribution is -1.83. The largest absolute Gasteiger partial charge is 0.294 e. The van der Waals surface area contributed by atoms with Crippen LogP contribution in [0.15, 0.2) is 30.5 Å². The summed E-state index contributed by atoms with van der Waals surface area (Å²) in [5, 5.41) is 0. The van der Waals surface area contributed by atoms with Gasteiger partial charge >= 0.3 is 0 Å². The topological polar surface area (TPSA) is 30.0 Å². The third-order valence-electron chi connectivity index (χ3n) is 1.93. The maximum absolute atomic E-state index is 12.6. The number of carbonyl (C=O) groups is 1. The summed E-state index contributed by atoms with van der Waals surface area (Å²) < 4.78 is 12.6. The Kier molecular flexibility index (Phi) is 2.60. The number of pyridine rings is 1. The molecule has 2 aromatic rings. The molecule has 0 saturated heterocycles. The van der Waals surface area contributed by atoms with Gasteiger partial charge < -0.3 is 0 Å². The van der Waals surface area contributed by atoms with E-state index in [1.54, 1.807) is 12.1 Å². The maximum atomic E-state index is 12.6. The van der Waals surface area contributed by atoms with E-state index in [1.807, 2.05) is 6.07 Å². The Morgan fingerprint density at radius 1 is 1.33 bits per heavy atom. The Balaban J connectivity index is 2.37. The zero-order chi connectivity index (χ0) is 10.8. The van der Waals surface area contributed by atoms with Crippen molar-refractivity contribution in [3.05, 3.63) is 41.2 Å². The van der Waals surface area contributed by atoms with E-state index in [0.29, 0.717) is 10.6 Å². The number of aromatic nitrogens is 1. The highest BCUT2D eigenvalue weighted by Gasteiger charge is 2.06. The third kappa shape index (κ3) is 2.10. The highest BCUT2D eigenvalue weighted by atomic mass is 32.1. The number of ketones is 1. The van der Waals surface area contributed by atoms with Gasteiger partial charge in [-0.2, -0.15) is 0 Å². The highest BCUT2D eigenvalue weighted by molar-refractivity contribution is 7.17. The molecule has 0 fully saturated rings. The van der Waals surface area contributed by atoms with Gasteiger partial charge in [0.05, 0.1) is 21.6 Å². The fraction of sp³-hybridized carbons (Fsp3) is 0.0909. The molecular formula is C11H8FNOS. The first-order valence-corrected chi connectivity index (χ1v) is 5.21. The average molecular weight is 221 g/mol. The molecule has 0 unspecified atom stereocenters. The van der Waals surface area contributed by atoms with Gasteiger partial charge in [0, 0.05) is 0 Å². The second-order valence-electron chi connectivity index (χ2n) is 3.08. The van der Waals surface area contributed by atoms with Gasteiger partial charge in [0.2, 0.25) is 0 Å². The Morgan fingerprint density at radius 2 is 2.13 bits per heavy atom.